The number of hydrogen-bond donors (Lipinski definition) is 1. The maximum atomic E-state index is 12.5. The standard InChI is InChI=1S/C13H16ClN3O2S.ClH/c1-9(16)11-4-5-17(8-11)20(18,19)12-3-2-10(7-15)13(14)6-12;/h2-3,6,9,11H,4-5,8,16H2,1H3;1H. The van der Waals surface area contributed by atoms with Crippen LogP contribution in [0.3, 0.4) is 0 Å². The molecule has 2 N–H and O–H groups in total. The fourth-order valence-corrected chi connectivity index (χ4v) is 4.12. The van der Waals surface area contributed by atoms with E-state index in [-0.39, 0.29) is 39.8 Å². The van der Waals surface area contributed by atoms with Crippen LogP contribution in [0.15, 0.2) is 23.1 Å². The molecule has 0 saturated carbocycles. The zero-order valence-corrected chi connectivity index (χ0v) is 13.9. The maximum Gasteiger partial charge on any atom is 0.243 e. The van der Waals surface area contributed by atoms with E-state index in [1.54, 1.807) is 0 Å². The Bertz CT molecular complexity index is 656. The van der Waals surface area contributed by atoms with Crippen molar-refractivity contribution < 1.29 is 8.42 Å². The van der Waals surface area contributed by atoms with Gasteiger partial charge in [0, 0.05) is 19.1 Å². The quantitative estimate of drug-likeness (QED) is 0.903. The average molecular weight is 350 g/mol. The lowest BCUT2D eigenvalue weighted by Gasteiger charge is -2.18. The third-order valence-electron chi connectivity index (χ3n) is 3.63. The molecule has 0 amide bonds. The van der Waals surface area contributed by atoms with E-state index in [1.165, 1.54) is 22.5 Å². The predicted octanol–water partition coefficient (Wildman–Crippen LogP) is 1.99. The first-order chi connectivity index (χ1) is 9.36. The highest BCUT2D eigenvalue weighted by atomic mass is 35.5. The molecule has 8 heteroatoms. The molecule has 0 aliphatic carbocycles. The van der Waals surface area contributed by atoms with E-state index in [9.17, 15) is 8.42 Å². The minimum atomic E-state index is -3.57. The molecule has 1 aliphatic heterocycles. The summed E-state index contributed by atoms with van der Waals surface area (Å²) in [4.78, 5) is 0.117. The molecule has 0 aromatic heterocycles. The molecular formula is C13H17Cl2N3O2S. The van der Waals surface area contributed by atoms with Crippen LogP contribution in [-0.2, 0) is 10.0 Å². The van der Waals surface area contributed by atoms with Crippen LogP contribution in [0, 0.1) is 17.2 Å². The summed E-state index contributed by atoms with van der Waals surface area (Å²) in [6.07, 6.45) is 0.765. The second-order valence-corrected chi connectivity index (χ2v) is 7.37. The van der Waals surface area contributed by atoms with Gasteiger partial charge >= 0.3 is 0 Å². The molecule has 2 unspecified atom stereocenters. The smallest absolute Gasteiger partial charge is 0.243 e. The van der Waals surface area contributed by atoms with Crippen LogP contribution in [0.1, 0.15) is 18.9 Å². The van der Waals surface area contributed by atoms with Gasteiger partial charge in [-0.15, -0.1) is 12.4 Å². The Balaban J connectivity index is 0.00000220. The number of nitrogens with two attached hydrogens (primary N) is 1. The average Bonchev–Trinajstić information content (AvgIpc) is 2.89. The minimum absolute atomic E-state index is 0. The molecular weight excluding hydrogens is 333 g/mol. The van der Waals surface area contributed by atoms with Gasteiger partial charge in [0.05, 0.1) is 15.5 Å². The molecule has 0 radical (unpaired) electrons. The van der Waals surface area contributed by atoms with E-state index in [4.69, 9.17) is 22.6 Å². The zero-order chi connectivity index (χ0) is 14.9. The normalized spacial score (nSPS) is 20.6. The second-order valence-electron chi connectivity index (χ2n) is 5.02. The fraction of sp³-hybridized carbons (Fsp3) is 0.462. The first-order valence-corrected chi connectivity index (χ1v) is 8.13. The van der Waals surface area contributed by atoms with Crippen molar-refractivity contribution in [1.29, 1.82) is 5.26 Å². The van der Waals surface area contributed by atoms with E-state index in [1.807, 2.05) is 13.0 Å². The Morgan fingerprint density at radius 1 is 1.52 bits per heavy atom. The Labute approximate surface area is 136 Å². The predicted molar refractivity (Wildman–Crippen MR) is 83.9 cm³/mol. The third kappa shape index (κ3) is 3.68. The van der Waals surface area contributed by atoms with E-state index in [2.05, 4.69) is 0 Å². The van der Waals surface area contributed by atoms with Crippen molar-refractivity contribution in [2.45, 2.75) is 24.3 Å². The molecule has 1 fully saturated rings. The molecule has 2 atom stereocenters. The highest BCUT2D eigenvalue weighted by Crippen LogP contribution is 2.28. The molecule has 1 aromatic carbocycles. The van der Waals surface area contributed by atoms with Crippen LogP contribution in [-0.4, -0.2) is 31.9 Å². The van der Waals surface area contributed by atoms with Gasteiger partial charge in [0.25, 0.3) is 0 Å². The lowest BCUT2D eigenvalue weighted by Crippen LogP contribution is -2.33. The maximum absolute atomic E-state index is 12.5. The lowest BCUT2D eigenvalue weighted by molar-refractivity contribution is 0.429. The first kappa shape index (κ1) is 18.2. The summed E-state index contributed by atoms with van der Waals surface area (Å²) in [5, 5.41) is 8.96. The van der Waals surface area contributed by atoms with Crippen molar-refractivity contribution in [3.63, 3.8) is 0 Å². The summed E-state index contributed by atoms with van der Waals surface area (Å²) in [6.45, 7) is 2.78. The van der Waals surface area contributed by atoms with Crippen LogP contribution in [0.2, 0.25) is 5.02 Å². The molecule has 0 bridgehead atoms. The zero-order valence-electron chi connectivity index (χ0n) is 11.5. The van der Waals surface area contributed by atoms with Crippen molar-refractivity contribution in [3.05, 3.63) is 28.8 Å². The minimum Gasteiger partial charge on any atom is -0.328 e. The van der Waals surface area contributed by atoms with E-state index < -0.39 is 10.0 Å². The van der Waals surface area contributed by atoms with Gasteiger partial charge in [-0.2, -0.15) is 9.57 Å². The number of halogens is 2. The number of benzene rings is 1. The molecule has 116 valence electrons. The molecule has 1 heterocycles. The number of rotatable bonds is 3. The Morgan fingerprint density at radius 3 is 2.67 bits per heavy atom. The summed E-state index contributed by atoms with van der Waals surface area (Å²) in [7, 11) is -3.57. The van der Waals surface area contributed by atoms with E-state index >= 15 is 0 Å². The van der Waals surface area contributed by atoms with Gasteiger partial charge in [0.1, 0.15) is 6.07 Å². The monoisotopic (exact) mass is 349 g/mol. The summed E-state index contributed by atoms with van der Waals surface area (Å²) in [5.41, 5.74) is 6.09. The van der Waals surface area contributed by atoms with Crippen molar-refractivity contribution in [3.8, 4) is 6.07 Å². The molecule has 0 spiro atoms. The van der Waals surface area contributed by atoms with Crippen molar-refractivity contribution in [1.82, 2.24) is 4.31 Å². The Hall–Kier alpha value is -0.840. The summed E-state index contributed by atoms with van der Waals surface area (Å²) >= 11 is 5.90. The second kappa shape index (κ2) is 6.95. The SMILES string of the molecule is CC(N)C1CCN(S(=O)(=O)c2ccc(C#N)c(Cl)c2)C1.Cl. The van der Waals surface area contributed by atoms with Gasteiger partial charge < -0.3 is 5.73 Å². The van der Waals surface area contributed by atoms with Gasteiger partial charge in [-0.3, -0.25) is 0 Å². The molecule has 5 nitrogen and oxygen atoms in total. The molecule has 1 aliphatic rings. The van der Waals surface area contributed by atoms with Gasteiger partial charge in [-0.25, -0.2) is 8.42 Å². The van der Waals surface area contributed by atoms with Crippen LogP contribution >= 0.6 is 24.0 Å². The van der Waals surface area contributed by atoms with Gasteiger partial charge in [-0.1, -0.05) is 11.6 Å². The van der Waals surface area contributed by atoms with Crippen LogP contribution in [0.25, 0.3) is 0 Å². The van der Waals surface area contributed by atoms with Crippen molar-refractivity contribution in [2.24, 2.45) is 11.7 Å². The Morgan fingerprint density at radius 2 is 2.19 bits per heavy atom. The first-order valence-electron chi connectivity index (χ1n) is 6.31. The van der Waals surface area contributed by atoms with E-state index in [0.717, 1.165) is 6.42 Å². The molecule has 2 rings (SSSR count). The third-order valence-corrected chi connectivity index (χ3v) is 5.80. The summed E-state index contributed by atoms with van der Waals surface area (Å²) in [6, 6.07) is 6.05. The number of nitriles is 1. The van der Waals surface area contributed by atoms with Crippen LogP contribution in [0.5, 0.6) is 0 Å². The van der Waals surface area contributed by atoms with Crippen LogP contribution in [0.4, 0.5) is 0 Å². The molecule has 1 aromatic rings. The Kier molecular flexibility index (Phi) is 6.02. The fourth-order valence-electron chi connectivity index (χ4n) is 2.30. The molecule has 21 heavy (non-hydrogen) atoms. The van der Waals surface area contributed by atoms with Gasteiger partial charge in [0.2, 0.25) is 10.0 Å². The van der Waals surface area contributed by atoms with Gasteiger partial charge in [0.15, 0.2) is 0 Å². The number of nitrogens with zero attached hydrogens (tertiary/aromatic N) is 2. The molecule has 1 saturated heterocycles. The van der Waals surface area contributed by atoms with Gasteiger partial charge in [-0.05, 0) is 37.5 Å². The largest absolute Gasteiger partial charge is 0.328 e. The van der Waals surface area contributed by atoms with Crippen LogP contribution < -0.4 is 5.73 Å². The highest BCUT2D eigenvalue weighted by Gasteiger charge is 2.34. The lowest BCUT2D eigenvalue weighted by atomic mass is 10.0. The van der Waals surface area contributed by atoms with Crippen molar-refractivity contribution in [2.75, 3.05) is 13.1 Å². The van der Waals surface area contributed by atoms with E-state index in [0.29, 0.717) is 13.1 Å². The summed E-state index contributed by atoms with van der Waals surface area (Å²) < 4.78 is 26.4. The summed E-state index contributed by atoms with van der Waals surface area (Å²) in [5.74, 6) is 0.179. The topological polar surface area (TPSA) is 87.2 Å². The highest BCUT2D eigenvalue weighted by molar-refractivity contribution is 7.89. The number of sulfonamides is 1. The van der Waals surface area contributed by atoms with Crippen molar-refractivity contribution >= 4 is 34.0 Å². The number of hydrogen-bond acceptors (Lipinski definition) is 4.